The maximum Gasteiger partial charge on any atom is 0.306 e. The first-order valence-corrected chi connectivity index (χ1v) is 33.9. The predicted octanol–water partition coefficient (Wildman–Crippen LogP) is 23.4. The van der Waals surface area contributed by atoms with E-state index >= 15 is 0 Å². The molecule has 0 heterocycles. The molecule has 0 spiro atoms. The third kappa shape index (κ3) is 64.9. The molecular formula is C74H126O6. The van der Waals surface area contributed by atoms with Crippen LogP contribution in [-0.2, 0) is 28.6 Å². The van der Waals surface area contributed by atoms with Crippen molar-refractivity contribution < 1.29 is 28.6 Å². The Labute approximate surface area is 495 Å². The zero-order chi connectivity index (χ0) is 57.8. The van der Waals surface area contributed by atoms with Crippen molar-refractivity contribution in [2.24, 2.45) is 0 Å². The Kier molecular flexibility index (Phi) is 64.3. The number of ether oxygens (including phenoxy) is 3. The van der Waals surface area contributed by atoms with Gasteiger partial charge in [-0.3, -0.25) is 14.4 Å². The highest BCUT2D eigenvalue weighted by Gasteiger charge is 2.19. The van der Waals surface area contributed by atoms with E-state index < -0.39 is 6.10 Å². The van der Waals surface area contributed by atoms with Crippen molar-refractivity contribution in [1.29, 1.82) is 0 Å². The number of hydrogen-bond donors (Lipinski definition) is 0. The number of carbonyl (C=O) groups is 3. The van der Waals surface area contributed by atoms with Gasteiger partial charge in [0.25, 0.3) is 0 Å². The Morgan fingerprint density at radius 3 is 0.762 bits per heavy atom. The molecule has 0 aliphatic carbocycles. The van der Waals surface area contributed by atoms with Crippen molar-refractivity contribution in [1.82, 2.24) is 0 Å². The average Bonchev–Trinajstić information content (AvgIpc) is 3.46. The number of rotatable bonds is 61. The SMILES string of the molecule is CC/C=C\C/C=C\C/C=C\C/C=C\C/C=C\C/C=C\C/C=C\C/C=C\C/C=C\CCCCCCCCCC(=O)OCC(COC(=O)CCCCCCCCCCCCCCC)OC(=O)CCCCCCCCCCCCCCCC. The van der Waals surface area contributed by atoms with Crippen LogP contribution in [0.15, 0.2) is 109 Å². The number of esters is 3. The van der Waals surface area contributed by atoms with Crippen LogP contribution in [0, 0.1) is 0 Å². The van der Waals surface area contributed by atoms with Crippen LogP contribution in [0.2, 0.25) is 0 Å². The number of carbonyl (C=O) groups excluding carboxylic acids is 3. The largest absolute Gasteiger partial charge is 0.462 e. The molecule has 1 unspecified atom stereocenters. The van der Waals surface area contributed by atoms with Gasteiger partial charge in [-0.15, -0.1) is 0 Å². The van der Waals surface area contributed by atoms with E-state index in [9.17, 15) is 14.4 Å². The van der Waals surface area contributed by atoms with E-state index in [1.165, 1.54) is 161 Å². The lowest BCUT2D eigenvalue weighted by molar-refractivity contribution is -0.167. The van der Waals surface area contributed by atoms with Gasteiger partial charge < -0.3 is 14.2 Å². The third-order valence-electron chi connectivity index (χ3n) is 14.5. The molecule has 0 fully saturated rings. The van der Waals surface area contributed by atoms with Gasteiger partial charge in [-0.25, -0.2) is 0 Å². The summed E-state index contributed by atoms with van der Waals surface area (Å²) in [4.78, 5) is 38.3. The molecule has 0 saturated carbocycles. The van der Waals surface area contributed by atoms with E-state index in [-0.39, 0.29) is 31.1 Å². The lowest BCUT2D eigenvalue weighted by atomic mass is 10.0. The molecule has 0 bridgehead atoms. The molecule has 0 aromatic heterocycles. The summed E-state index contributed by atoms with van der Waals surface area (Å²) in [7, 11) is 0. The summed E-state index contributed by atoms with van der Waals surface area (Å²) in [6, 6.07) is 0. The minimum absolute atomic E-state index is 0.0764. The molecule has 1 atom stereocenters. The molecule has 0 aromatic carbocycles. The highest BCUT2D eigenvalue weighted by atomic mass is 16.6. The van der Waals surface area contributed by atoms with Crippen LogP contribution >= 0.6 is 0 Å². The van der Waals surface area contributed by atoms with Crippen molar-refractivity contribution in [2.75, 3.05) is 13.2 Å². The molecular weight excluding hydrogens is 985 g/mol. The van der Waals surface area contributed by atoms with Crippen LogP contribution in [0.5, 0.6) is 0 Å². The first kappa shape index (κ1) is 76.1. The molecule has 0 N–H and O–H groups in total. The van der Waals surface area contributed by atoms with Crippen LogP contribution in [0.4, 0.5) is 0 Å². The van der Waals surface area contributed by atoms with Crippen molar-refractivity contribution >= 4 is 17.9 Å². The van der Waals surface area contributed by atoms with Crippen molar-refractivity contribution in [3.05, 3.63) is 109 Å². The lowest BCUT2D eigenvalue weighted by Gasteiger charge is -2.18. The number of allylic oxidation sites excluding steroid dienone is 18. The van der Waals surface area contributed by atoms with E-state index in [0.717, 1.165) is 122 Å². The van der Waals surface area contributed by atoms with Gasteiger partial charge in [0, 0.05) is 19.3 Å². The average molecular weight is 1110 g/mol. The zero-order valence-electron chi connectivity index (χ0n) is 52.6. The van der Waals surface area contributed by atoms with E-state index in [0.29, 0.717) is 19.3 Å². The molecule has 0 saturated heterocycles. The minimum Gasteiger partial charge on any atom is -0.462 e. The normalized spacial score (nSPS) is 12.8. The Morgan fingerprint density at radius 1 is 0.263 bits per heavy atom. The lowest BCUT2D eigenvalue weighted by Crippen LogP contribution is -2.30. The molecule has 80 heavy (non-hydrogen) atoms. The van der Waals surface area contributed by atoms with E-state index in [1.54, 1.807) is 0 Å². The van der Waals surface area contributed by atoms with E-state index in [4.69, 9.17) is 14.2 Å². The van der Waals surface area contributed by atoms with Gasteiger partial charge in [-0.1, -0.05) is 323 Å². The van der Waals surface area contributed by atoms with Gasteiger partial charge in [0.1, 0.15) is 13.2 Å². The fourth-order valence-corrected chi connectivity index (χ4v) is 9.50. The Balaban J connectivity index is 4.23. The molecule has 0 amide bonds. The van der Waals surface area contributed by atoms with Crippen molar-refractivity contribution in [3.8, 4) is 0 Å². The second kappa shape index (κ2) is 67.6. The molecule has 0 aliphatic rings. The minimum atomic E-state index is -0.780. The van der Waals surface area contributed by atoms with Crippen molar-refractivity contribution in [2.45, 2.75) is 329 Å². The number of hydrogen-bond acceptors (Lipinski definition) is 6. The first-order valence-electron chi connectivity index (χ1n) is 33.9. The second-order valence-corrected chi connectivity index (χ2v) is 22.4. The van der Waals surface area contributed by atoms with Gasteiger partial charge in [0.2, 0.25) is 0 Å². The Morgan fingerprint density at radius 2 is 0.487 bits per heavy atom. The van der Waals surface area contributed by atoms with Gasteiger partial charge in [0.05, 0.1) is 0 Å². The van der Waals surface area contributed by atoms with Crippen LogP contribution < -0.4 is 0 Å². The first-order chi connectivity index (χ1) is 39.5. The second-order valence-electron chi connectivity index (χ2n) is 22.4. The highest BCUT2D eigenvalue weighted by molar-refractivity contribution is 5.71. The zero-order valence-corrected chi connectivity index (χ0v) is 52.6. The van der Waals surface area contributed by atoms with E-state index in [2.05, 4.69) is 130 Å². The number of unbranched alkanes of at least 4 members (excludes halogenated alkanes) is 32. The maximum atomic E-state index is 12.9. The fraction of sp³-hybridized carbons (Fsp3) is 0.716. The quantitative estimate of drug-likeness (QED) is 0.0261. The maximum absolute atomic E-state index is 12.9. The van der Waals surface area contributed by atoms with Gasteiger partial charge >= 0.3 is 17.9 Å². The molecule has 6 heteroatoms. The molecule has 0 radical (unpaired) electrons. The van der Waals surface area contributed by atoms with Crippen LogP contribution in [-0.4, -0.2) is 37.2 Å². The van der Waals surface area contributed by atoms with Crippen LogP contribution in [0.1, 0.15) is 323 Å². The summed E-state index contributed by atoms with van der Waals surface area (Å²) >= 11 is 0. The third-order valence-corrected chi connectivity index (χ3v) is 14.5. The Hall–Kier alpha value is -3.93. The monoisotopic (exact) mass is 1110 g/mol. The smallest absolute Gasteiger partial charge is 0.306 e. The van der Waals surface area contributed by atoms with Crippen LogP contribution in [0.25, 0.3) is 0 Å². The van der Waals surface area contributed by atoms with Gasteiger partial charge in [-0.2, -0.15) is 0 Å². The topological polar surface area (TPSA) is 78.9 Å². The summed E-state index contributed by atoms with van der Waals surface area (Å²) in [5.74, 6) is -0.875. The van der Waals surface area contributed by atoms with E-state index in [1.807, 2.05) is 0 Å². The summed E-state index contributed by atoms with van der Waals surface area (Å²) in [5.41, 5.74) is 0. The molecule has 0 rings (SSSR count). The predicted molar refractivity (Wildman–Crippen MR) is 348 cm³/mol. The fourth-order valence-electron chi connectivity index (χ4n) is 9.50. The summed E-state index contributed by atoms with van der Waals surface area (Å²) in [6.45, 7) is 6.55. The standard InChI is InChI=1S/C74H126O6/c1-4-7-10-13-16-19-22-25-27-28-29-30-31-32-33-34-35-36-37-38-39-40-41-42-43-44-45-46-47-50-52-55-58-61-64-67-73(76)79-70-71(69-78-72(75)66-63-60-57-54-51-48-24-21-18-15-12-9-6-3)80-74(77)68-65-62-59-56-53-49-26-23-20-17-14-11-8-5-2/h7,10,16,19,25,27,29-30,32-33,35-36,38-39,41-42,44-45,71H,4-6,8-9,11-15,17-18,20-24,26,28,31,34,37,40,43,46-70H2,1-3H3/b10-7-,19-16-,27-25-,30-29-,33-32-,36-35-,39-38-,42-41-,45-44-. The Bertz CT molecular complexity index is 1610. The summed E-state index contributed by atoms with van der Waals surface area (Å²) in [6.07, 6.45) is 92.5. The summed E-state index contributed by atoms with van der Waals surface area (Å²) in [5, 5.41) is 0. The van der Waals surface area contributed by atoms with Crippen molar-refractivity contribution in [3.63, 3.8) is 0 Å². The summed E-state index contributed by atoms with van der Waals surface area (Å²) < 4.78 is 16.9. The molecule has 6 nitrogen and oxygen atoms in total. The van der Waals surface area contributed by atoms with Gasteiger partial charge in [-0.05, 0) is 89.9 Å². The molecule has 0 aromatic rings. The van der Waals surface area contributed by atoms with Gasteiger partial charge in [0.15, 0.2) is 6.10 Å². The molecule has 458 valence electrons. The highest BCUT2D eigenvalue weighted by Crippen LogP contribution is 2.17. The molecule has 0 aliphatic heterocycles. The van der Waals surface area contributed by atoms with Crippen LogP contribution in [0.3, 0.4) is 0 Å².